The number of nitrogens with two attached hydrogens (primary N) is 1. The lowest BCUT2D eigenvalue weighted by atomic mass is 9.45. The highest BCUT2D eigenvalue weighted by Gasteiger charge is 2.67. The summed E-state index contributed by atoms with van der Waals surface area (Å²) < 4.78 is 37.7. The molecule has 2 saturated carbocycles. The Balaban J connectivity index is 2.06. The molecule has 0 aliphatic heterocycles. The van der Waals surface area contributed by atoms with Crippen LogP contribution in [0.4, 0.5) is 13.2 Å². The lowest BCUT2D eigenvalue weighted by Crippen LogP contribution is -2.60. The van der Waals surface area contributed by atoms with Crippen LogP contribution >= 0.6 is 0 Å². The summed E-state index contributed by atoms with van der Waals surface area (Å²) in [4.78, 5) is 0. The number of alkyl halides is 3. The molecule has 2 fully saturated rings. The molecule has 0 bridgehead atoms. The second kappa shape index (κ2) is 2.41. The van der Waals surface area contributed by atoms with Gasteiger partial charge in [-0.15, -0.1) is 0 Å². The molecule has 1 nitrogen and oxygen atoms in total. The van der Waals surface area contributed by atoms with Gasteiger partial charge in [-0.1, -0.05) is 6.42 Å². The van der Waals surface area contributed by atoms with E-state index in [1.165, 1.54) is 0 Å². The summed E-state index contributed by atoms with van der Waals surface area (Å²) in [5, 5.41) is 0. The molecule has 1 spiro atoms. The van der Waals surface area contributed by atoms with E-state index in [-0.39, 0.29) is 24.8 Å². The minimum Gasteiger partial charge on any atom is -0.330 e. The Bertz CT molecular complexity index is 209. The molecule has 0 heterocycles. The van der Waals surface area contributed by atoms with Crippen LogP contribution in [0.3, 0.4) is 0 Å². The predicted octanol–water partition coefficient (Wildman–Crippen LogP) is 2.46. The third kappa shape index (κ3) is 1.11. The molecule has 0 unspecified atom stereocenters. The molecule has 13 heavy (non-hydrogen) atoms. The number of halogens is 3. The summed E-state index contributed by atoms with van der Waals surface area (Å²) in [5.74, 6) is 0. The minimum absolute atomic E-state index is 0.0366. The van der Waals surface area contributed by atoms with Gasteiger partial charge in [0.25, 0.3) is 0 Å². The average molecular weight is 193 g/mol. The summed E-state index contributed by atoms with van der Waals surface area (Å²) in [6, 6.07) is 0. The van der Waals surface area contributed by atoms with Crippen LogP contribution in [-0.4, -0.2) is 12.7 Å². The molecular formula is C9H14F3N. The Hall–Kier alpha value is -0.250. The molecule has 0 aromatic carbocycles. The van der Waals surface area contributed by atoms with Gasteiger partial charge in [0.2, 0.25) is 0 Å². The second-order valence-corrected chi connectivity index (χ2v) is 4.69. The fourth-order valence-electron chi connectivity index (χ4n) is 2.87. The fourth-order valence-corrected chi connectivity index (χ4v) is 2.87. The first-order valence-corrected chi connectivity index (χ1v) is 4.70. The molecule has 0 amide bonds. The SMILES string of the molecule is NCC1(C(F)(F)F)CC2(CCC2)C1. The lowest BCUT2D eigenvalue weighted by Gasteiger charge is -2.61. The Kier molecular flexibility index (Phi) is 1.72. The molecule has 0 aromatic rings. The molecule has 0 aromatic heterocycles. The second-order valence-electron chi connectivity index (χ2n) is 4.69. The highest BCUT2D eigenvalue weighted by molar-refractivity contribution is 5.10. The largest absolute Gasteiger partial charge is 0.395 e. The minimum atomic E-state index is -4.09. The zero-order chi connectivity index (χ0) is 9.74. The monoisotopic (exact) mass is 193 g/mol. The molecular weight excluding hydrogens is 179 g/mol. The van der Waals surface area contributed by atoms with E-state index in [0.29, 0.717) is 0 Å². The predicted molar refractivity (Wildman–Crippen MR) is 43.1 cm³/mol. The van der Waals surface area contributed by atoms with E-state index in [1.54, 1.807) is 0 Å². The van der Waals surface area contributed by atoms with Crippen molar-refractivity contribution < 1.29 is 13.2 Å². The summed E-state index contributed by atoms with van der Waals surface area (Å²) in [6.45, 7) is -0.238. The maximum Gasteiger partial charge on any atom is 0.395 e. The van der Waals surface area contributed by atoms with Crippen molar-refractivity contribution in [2.75, 3.05) is 6.54 Å². The van der Waals surface area contributed by atoms with E-state index < -0.39 is 11.6 Å². The first-order chi connectivity index (χ1) is 5.93. The van der Waals surface area contributed by atoms with Gasteiger partial charge in [-0.3, -0.25) is 0 Å². The summed E-state index contributed by atoms with van der Waals surface area (Å²) in [6.07, 6.45) is -0.489. The lowest BCUT2D eigenvalue weighted by molar-refractivity contribution is -0.289. The molecule has 2 aliphatic carbocycles. The van der Waals surface area contributed by atoms with Crippen molar-refractivity contribution in [1.29, 1.82) is 0 Å². The molecule has 2 aliphatic rings. The fraction of sp³-hybridized carbons (Fsp3) is 1.00. The van der Waals surface area contributed by atoms with Crippen LogP contribution in [0.1, 0.15) is 32.1 Å². The van der Waals surface area contributed by atoms with Crippen molar-refractivity contribution in [1.82, 2.24) is 0 Å². The molecule has 76 valence electrons. The van der Waals surface area contributed by atoms with Crippen molar-refractivity contribution >= 4 is 0 Å². The maximum atomic E-state index is 12.6. The van der Waals surface area contributed by atoms with Gasteiger partial charge in [-0.25, -0.2) is 0 Å². The first-order valence-electron chi connectivity index (χ1n) is 4.70. The highest BCUT2D eigenvalue weighted by Crippen LogP contribution is 2.68. The van der Waals surface area contributed by atoms with Gasteiger partial charge in [-0.2, -0.15) is 13.2 Å². The van der Waals surface area contributed by atoms with Crippen molar-refractivity contribution in [3.63, 3.8) is 0 Å². The van der Waals surface area contributed by atoms with Gasteiger partial charge in [0.05, 0.1) is 5.41 Å². The van der Waals surface area contributed by atoms with E-state index in [9.17, 15) is 13.2 Å². The summed E-state index contributed by atoms with van der Waals surface area (Å²) in [5.41, 5.74) is 3.74. The van der Waals surface area contributed by atoms with Crippen LogP contribution in [-0.2, 0) is 0 Å². The number of hydrogen-bond acceptors (Lipinski definition) is 1. The normalized spacial score (nSPS) is 29.5. The van der Waals surface area contributed by atoms with Gasteiger partial charge >= 0.3 is 6.18 Å². The average Bonchev–Trinajstić information content (AvgIpc) is 1.79. The topological polar surface area (TPSA) is 26.0 Å². The molecule has 0 atom stereocenters. The Morgan fingerprint density at radius 2 is 1.69 bits per heavy atom. The van der Waals surface area contributed by atoms with Crippen LogP contribution in [0.15, 0.2) is 0 Å². The van der Waals surface area contributed by atoms with Gasteiger partial charge in [0, 0.05) is 6.54 Å². The standard InChI is InChI=1S/C9H14F3N/c10-9(11,12)8(6-13)4-7(5-8)2-1-3-7/h1-6,13H2. The van der Waals surface area contributed by atoms with Gasteiger partial charge in [0.15, 0.2) is 0 Å². The molecule has 2 N–H and O–H groups in total. The summed E-state index contributed by atoms with van der Waals surface area (Å²) >= 11 is 0. The van der Waals surface area contributed by atoms with Crippen LogP contribution in [0.25, 0.3) is 0 Å². The molecule has 0 radical (unpaired) electrons. The van der Waals surface area contributed by atoms with E-state index in [4.69, 9.17) is 5.73 Å². The zero-order valence-corrected chi connectivity index (χ0v) is 7.45. The molecule has 0 saturated heterocycles. The Morgan fingerprint density at radius 3 is 1.92 bits per heavy atom. The molecule has 4 heteroatoms. The Labute approximate surface area is 75.5 Å². The van der Waals surface area contributed by atoms with Gasteiger partial charge in [0.1, 0.15) is 0 Å². The van der Waals surface area contributed by atoms with Crippen molar-refractivity contribution in [3.05, 3.63) is 0 Å². The third-order valence-electron chi connectivity index (χ3n) is 3.83. The van der Waals surface area contributed by atoms with E-state index in [1.807, 2.05) is 0 Å². The highest BCUT2D eigenvalue weighted by atomic mass is 19.4. The van der Waals surface area contributed by atoms with Crippen LogP contribution < -0.4 is 5.73 Å². The van der Waals surface area contributed by atoms with Gasteiger partial charge < -0.3 is 5.73 Å². The van der Waals surface area contributed by atoms with Crippen molar-refractivity contribution in [3.8, 4) is 0 Å². The van der Waals surface area contributed by atoms with E-state index in [0.717, 1.165) is 19.3 Å². The van der Waals surface area contributed by atoms with Crippen molar-refractivity contribution in [2.45, 2.75) is 38.3 Å². The Morgan fingerprint density at radius 1 is 1.15 bits per heavy atom. The van der Waals surface area contributed by atoms with E-state index >= 15 is 0 Å². The third-order valence-corrected chi connectivity index (χ3v) is 3.83. The summed E-state index contributed by atoms with van der Waals surface area (Å²) in [7, 11) is 0. The number of rotatable bonds is 1. The van der Waals surface area contributed by atoms with Crippen molar-refractivity contribution in [2.24, 2.45) is 16.6 Å². The molecule has 2 rings (SSSR count). The van der Waals surface area contributed by atoms with Crippen LogP contribution in [0.5, 0.6) is 0 Å². The van der Waals surface area contributed by atoms with E-state index in [2.05, 4.69) is 0 Å². The van der Waals surface area contributed by atoms with Crippen LogP contribution in [0, 0.1) is 10.8 Å². The number of hydrogen-bond donors (Lipinski definition) is 1. The quantitative estimate of drug-likeness (QED) is 0.680. The van der Waals surface area contributed by atoms with Gasteiger partial charge in [-0.05, 0) is 31.1 Å². The maximum absolute atomic E-state index is 12.6. The zero-order valence-electron chi connectivity index (χ0n) is 7.45. The van der Waals surface area contributed by atoms with Crippen LogP contribution in [0.2, 0.25) is 0 Å². The first kappa shape index (κ1) is 9.31. The smallest absolute Gasteiger partial charge is 0.330 e.